The van der Waals surface area contributed by atoms with Gasteiger partial charge in [0.2, 0.25) is 0 Å². The Kier molecular flexibility index (Phi) is 7.16. The van der Waals surface area contributed by atoms with Crippen molar-refractivity contribution in [3.05, 3.63) is 30.1 Å². The summed E-state index contributed by atoms with van der Waals surface area (Å²) in [6.07, 6.45) is 3.43. The standard InChI is InChI=1S/C18H31FN2/c1-5-21(17-10-8-16(19)9-11-17)14-6-7-15(12-13-20)18(2,3)4/h8-11,15H,5-7,12-14,20H2,1-4H3. The van der Waals surface area contributed by atoms with E-state index < -0.39 is 0 Å². The molecule has 1 atom stereocenters. The van der Waals surface area contributed by atoms with E-state index in [4.69, 9.17) is 5.73 Å². The second-order valence-electron chi connectivity index (χ2n) is 6.84. The first-order valence-corrected chi connectivity index (χ1v) is 8.09. The molecule has 0 fully saturated rings. The molecule has 0 amide bonds. The average molecular weight is 294 g/mol. The van der Waals surface area contributed by atoms with Gasteiger partial charge >= 0.3 is 0 Å². The van der Waals surface area contributed by atoms with E-state index in [-0.39, 0.29) is 5.82 Å². The van der Waals surface area contributed by atoms with Crippen molar-refractivity contribution in [3.63, 3.8) is 0 Å². The van der Waals surface area contributed by atoms with Crippen LogP contribution in [0.1, 0.15) is 47.0 Å². The Bertz CT molecular complexity index is 395. The topological polar surface area (TPSA) is 29.3 Å². The molecule has 0 aliphatic heterocycles. The fourth-order valence-electron chi connectivity index (χ4n) is 2.86. The molecule has 2 N–H and O–H groups in total. The van der Waals surface area contributed by atoms with E-state index in [9.17, 15) is 4.39 Å². The smallest absolute Gasteiger partial charge is 0.123 e. The Hall–Kier alpha value is -1.09. The lowest BCUT2D eigenvalue weighted by Gasteiger charge is -2.32. The van der Waals surface area contributed by atoms with Crippen molar-refractivity contribution >= 4 is 5.69 Å². The molecule has 0 aromatic heterocycles. The molecule has 2 nitrogen and oxygen atoms in total. The molecule has 21 heavy (non-hydrogen) atoms. The van der Waals surface area contributed by atoms with Crippen LogP contribution in [0.15, 0.2) is 24.3 Å². The molecule has 0 radical (unpaired) electrons. The highest BCUT2D eigenvalue weighted by Crippen LogP contribution is 2.32. The number of rotatable bonds is 8. The summed E-state index contributed by atoms with van der Waals surface area (Å²) in [5.41, 5.74) is 7.16. The maximum absolute atomic E-state index is 13.0. The van der Waals surface area contributed by atoms with Crippen LogP contribution in [0.25, 0.3) is 0 Å². The molecule has 1 rings (SSSR count). The molecule has 3 heteroatoms. The third-order valence-corrected chi connectivity index (χ3v) is 4.29. The highest BCUT2D eigenvalue weighted by Gasteiger charge is 2.23. The molecule has 1 aromatic rings. The number of hydrogen-bond acceptors (Lipinski definition) is 2. The number of halogens is 1. The summed E-state index contributed by atoms with van der Waals surface area (Å²) in [7, 11) is 0. The number of nitrogens with two attached hydrogens (primary N) is 1. The largest absolute Gasteiger partial charge is 0.372 e. The van der Waals surface area contributed by atoms with Crippen LogP contribution in [0.4, 0.5) is 10.1 Å². The Morgan fingerprint density at radius 3 is 2.24 bits per heavy atom. The third-order valence-electron chi connectivity index (χ3n) is 4.29. The van der Waals surface area contributed by atoms with Crippen molar-refractivity contribution in [3.8, 4) is 0 Å². The number of benzene rings is 1. The predicted octanol–water partition coefficient (Wildman–Crippen LogP) is 4.44. The van der Waals surface area contributed by atoms with Gasteiger partial charge in [-0.1, -0.05) is 20.8 Å². The van der Waals surface area contributed by atoms with Crippen molar-refractivity contribution in [2.24, 2.45) is 17.1 Å². The summed E-state index contributed by atoms with van der Waals surface area (Å²) in [4.78, 5) is 2.31. The molecular weight excluding hydrogens is 263 g/mol. The summed E-state index contributed by atoms with van der Waals surface area (Å²) < 4.78 is 13.0. The molecule has 0 aliphatic rings. The fourth-order valence-corrected chi connectivity index (χ4v) is 2.86. The van der Waals surface area contributed by atoms with E-state index in [2.05, 4.69) is 32.6 Å². The summed E-state index contributed by atoms with van der Waals surface area (Å²) in [5, 5.41) is 0. The van der Waals surface area contributed by atoms with E-state index in [0.717, 1.165) is 38.2 Å². The van der Waals surface area contributed by atoms with Crippen LogP contribution < -0.4 is 10.6 Å². The van der Waals surface area contributed by atoms with Gasteiger partial charge in [-0.25, -0.2) is 4.39 Å². The summed E-state index contributed by atoms with van der Waals surface area (Å²) in [6, 6.07) is 6.79. The van der Waals surface area contributed by atoms with Gasteiger partial charge in [0.1, 0.15) is 5.82 Å². The number of anilines is 1. The van der Waals surface area contributed by atoms with Crippen LogP contribution in [-0.4, -0.2) is 19.6 Å². The highest BCUT2D eigenvalue weighted by atomic mass is 19.1. The van der Waals surface area contributed by atoms with E-state index in [0.29, 0.717) is 11.3 Å². The minimum atomic E-state index is -0.175. The third kappa shape index (κ3) is 6.04. The lowest BCUT2D eigenvalue weighted by atomic mass is 9.76. The fraction of sp³-hybridized carbons (Fsp3) is 0.667. The molecule has 0 aliphatic carbocycles. The predicted molar refractivity (Wildman–Crippen MR) is 90.1 cm³/mol. The van der Waals surface area contributed by atoms with Crippen LogP contribution in [0.5, 0.6) is 0 Å². The zero-order chi connectivity index (χ0) is 15.9. The van der Waals surface area contributed by atoms with Crippen molar-refractivity contribution in [1.29, 1.82) is 0 Å². The Balaban J connectivity index is 2.53. The first-order chi connectivity index (χ1) is 9.88. The highest BCUT2D eigenvalue weighted by molar-refractivity contribution is 5.45. The molecule has 0 heterocycles. The summed E-state index contributed by atoms with van der Waals surface area (Å²) in [6.45, 7) is 11.8. The maximum atomic E-state index is 13.0. The van der Waals surface area contributed by atoms with Crippen LogP contribution in [-0.2, 0) is 0 Å². The van der Waals surface area contributed by atoms with Crippen molar-refractivity contribution in [2.75, 3.05) is 24.5 Å². The molecule has 0 saturated carbocycles. The normalized spacial score (nSPS) is 13.2. The van der Waals surface area contributed by atoms with Gasteiger partial charge in [0, 0.05) is 18.8 Å². The van der Waals surface area contributed by atoms with Crippen LogP contribution in [0.2, 0.25) is 0 Å². The lowest BCUT2D eigenvalue weighted by molar-refractivity contribution is 0.211. The van der Waals surface area contributed by atoms with Gasteiger partial charge in [-0.05, 0) is 68.3 Å². The molecule has 0 bridgehead atoms. The van der Waals surface area contributed by atoms with Gasteiger partial charge in [-0.15, -0.1) is 0 Å². The van der Waals surface area contributed by atoms with E-state index in [1.807, 2.05) is 12.1 Å². The monoisotopic (exact) mass is 294 g/mol. The molecule has 120 valence electrons. The van der Waals surface area contributed by atoms with Gasteiger partial charge in [0.05, 0.1) is 0 Å². The van der Waals surface area contributed by atoms with Gasteiger partial charge < -0.3 is 10.6 Å². The van der Waals surface area contributed by atoms with Crippen LogP contribution in [0, 0.1) is 17.2 Å². The van der Waals surface area contributed by atoms with Crippen molar-refractivity contribution in [1.82, 2.24) is 0 Å². The van der Waals surface area contributed by atoms with E-state index in [1.165, 1.54) is 18.6 Å². The van der Waals surface area contributed by atoms with Crippen LogP contribution in [0.3, 0.4) is 0 Å². The lowest BCUT2D eigenvalue weighted by Crippen LogP contribution is -2.27. The quantitative estimate of drug-likeness (QED) is 0.768. The molecule has 1 unspecified atom stereocenters. The Morgan fingerprint density at radius 2 is 1.76 bits per heavy atom. The zero-order valence-corrected chi connectivity index (χ0v) is 14.0. The first kappa shape index (κ1) is 18.0. The van der Waals surface area contributed by atoms with Crippen molar-refractivity contribution < 1.29 is 4.39 Å². The SMILES string of the molecule is CCN(CCCC(CCN)C(C)(C)C)c1ccc(F)cc1. The molecular formula is C18H31FN2. The minimum Gasteiger partial charge on any atom is -0.372 e. The zero-order valence-electron chi connectivity index (χ0n) is 14.0. The van der Waals surface area contributed by atoms with E-state index >= 15 is 0 Å². The van der Waals surface area contributed by atoms with Gasteiger partial charge in [-0.3, -0.25) is 0 Å². The number of nitrogens with zero attached hydrogens (tertiary/aromatic N) is 1. The van der Waals surface area contributed by atoms with Gasteiger partial charge in [0.15, 0.2) is 0 Å². The summed E-state index contributed by atoms with van der Waals surface area (Å²) in [5.74, 6) is 0.486. The Morgan fingerprint density at radius 1 is 1.14 bits per heavy atom. The number of hydrogen-bond donors (Lipinski definition) is 1. The minimum absolute atomic E-state index is 0.175. The van der Waals surface area contributed by atoms with Crippen molar-refractivity contribution in [2.45, 2.75) is 47.0 Å². The average Bonchev–Trinajstić information content (AvgIpc) is 2.42. The van der Waals surface area contributed by atoms with Crippen LogP contribution >= 0.6 is 0 Å². The Labute approximate surface area is 129 Å². The second-order valence-corrected chi connectivity index (χ2v) is 6.84. The molecule has 1 aromatic carbocycles. The molecule has 0 saturated heterocycles. The maximum Gasteiger partial charge on any atom is 0.123 e. The molecule has 0 spiro atoms. The second kappa shape index (κ2) is 8.38. The summed E-state index contributed by atoms with van der Waals surface area (Å²) >= 11 is 0. The van der Waals surface area contributed by atoms with Gasteiger partial charge in [0.25, 0.3) is 0 Å². The van der Waals surface area contributed by atoms with E-state index in [1.54, 1.807) is 0 Å². The first-order valence-electron chi connectivity index (χ1n) is 8.09. The van der Waals surface area contributed by atoms with Gasteiger partial charge in [-0.2, -0.15) is 0 Å².